The van der Waals surface area contributed by atoms with Crippen LogP contribution in [0.25, 0.3) is 0 Å². The SMILES string of the molecule is Cn1cc([N+](=O)[O-])c(N2CCNCC2(C)C)n1. The molecule has 0 aliphatic carbocycles. The number of aromatic nitrogens is 2. The predicted octanol–water partition coefficient (Wildman–Crippen LogP) is 0.516. The van der Waals surface area contributed by atoms with Gasteiger partial charge in [-0.1, -0.05) is 0 Å². The van der Waals surface area contributed by atoms with E-state index in [2.05, 4.69) is 24.3 Å². The number of rotatable bonds is 2. The molecular formula is C10H17N5O2. The predicted molar refractivity (Wildman–Crippen MR) is 64.2 cm³/mol. The minimum absolute atomic E-state index is 0.0717. The number of nitro groups is 1. The van der Waals surface area contributed by atoms with Gasteiger partial charge in [0.1, 0.15) is 6.20 Å². The topological polar surface area (TPSA) is 76.2 Å². The molecule has 1 fully saturated rings. The van der Waals surface area contributed by atoms with Gasteiger partial charge < -0.3 is 10.2 Å². The van der Waals surface area contributed by atoms with E-state index in [1.54, 1.807) is 7.05 Å². The Kier molecular flexibility index (Phi) is 2.78. The van der Waals surface area contributed by atoms with Crippen molar-refractivity contribution in [3.8, 4) is 0 Å². The highest BCUT2D eigenvalue weighted by molar-refractivity contribution is 5.58. The summed E-state index contributed by atoms with van der Waals surface area (Å²) in [6.45, 7) is 6.44. The average molecular weight is 239 g/mol. The third kappa shape index (κ3) is 2.10. The van der Waals surface area contributed by atoms with Gasteiger partial charge in [0.15, 0.2) is 0 Å². The minimum atomic E-state index is -0.375. The van der Waals surface area contributed by atoms with Gasteiger partial charge in [-0.05, 0) is 13.8 Å². The molecule has 0 saturated carbocycles. The molecule has 2 rings (SSSR count). The summed E-state index contributed by atoms with van der Waals surface area (Å²) in [7, 11) is 1.70. The Morgan fingerprint density at radius 1 is 1.59 bits per heavy atom. The minimum Gasteiger partial charge on any atom is -0.342 e. The summed E-state index contributed by atoms with van der Waals surface area (Å²) in [4.78, 5) is 12.6. The smallest absolute Gasteiger partial charge is 0.330 e. The largest absolute Gasteiger partial charge is 0.342 e. The number of piperazine rings is 1. The van der Waals surface area contributed by atoms with Crippen LogP contribution in [0.2, 0.25) is 0 Å². The van der Waals surface area contributed by atoms with Crippen molar-refractivity contribution in [2.24, 2.45) is 7.05 Å². The van der Waals surface area contributed by atoms with Gasteiger partial charge in [-0.25, -0.2) is 0 Å². The lowest BCUT2D eigenvalue weighted by Gasteiger charge is -2.42. The Hall–Kier alpha value is -1.63. The number of hydrogen-bond acceptors (Lipinski definition) is 5. The standard InChI is InChI=1S/C10H17N5O2/c1-10(2)7-11-4-5-14(10)9-8(15(16)17)6-13(3)12-9/h6,11H,4-5,7H2,1-3H3. The molecule has 1 saturated heterocycles. The third-order valence-corrected chi connectivity index (χ3v) is 3.04. The summed E-state index contributed by atoms with van der Waals surface area (Å²) in [6.07, 6.45) is 1.45. The molecule has 7 nitrogen and oxygen atoms in total. The molecule has 0 atom stereocenters. The highest BCUT2D eigenvalue weighted by Crippen LogP contribution is 2.31. The molecule has 2 heterocycles. The highest BCUT2D eigenvalue weighted by Gasteiger charge is 2.35. The van der Waals surface area contributed by atoms with Gasteiger partial charge in [-0.2, -0.15) is 0 Å². The van der Waals surface area contributed by atoms with Crippen molar-refractivity contribution < 1.29 is 4.92 Å². The lowest BCUT2D eigenvalue weighted by Crippen LogP contribution is -2.58. The Bertz CT molecular complexity index is 440. The summed E-state index contributed by atoms with van der Waals surface area (Å²) < 4.78 is 1.49. The maximum absolute atomic E-state index is 11.0. The monoisotopic (exact) mass is 239 g/mol. The fourth-order valence-electron chi connectivity index (χ4n) is 2.16. The molecule has 7 heteroatoms. The van der Waals surface area contributed by atoms with E-state index in [4.69, 9.17) is 0 Å². The summed E-state index contributed by atoms with van der Waals surface area (Å²) in [5.41, 5.74) is -0.0975. The van der Waals surface area contributed by atoms with Crippen LogP contribution in [-0.4, -0.2) is 39.9 Å². The zero-order valence-corrected chi connectivity index (χ0v) is 10.3. The number of aryl methyl sites for hydroxylation is 1. The van der Waals surface area contributed by atoms with Crippen LogP contribution in [0.4, 0.5) is 11.5 Å². The lowest BCUT2D eigenvalue weighted by molar-refractivity contribution is -0.384. The molecule has 0 amide bonds. The van der Waals surface area contributed by atoms with Crippen LogP contribution in [0.1, 0.15) is 13.8 Å². The van der Waals surface area contributed by atoms with Crippen molar-refractivity contribution in [2.45, 2.75) is 19.4 Å². The Morgan fingerprint density at radius 3 is 2.88 bits per heavy atom. The summed E-state index contributed by atoms with van der Waals surface area (Å²) >= 11 is 0. The highest BCUT2D eigenvalue weighted by atomic mass is 16.6. The van der Waals surface area contributed by atoms with Gasteiger partial charge in [0.05, 0.1) is 4.92 Å². The van der Waals surface area contributed by atoms with Crippen LogP contribution < -0.4 is 10.2 Å². The molecule has 0 unspecified atom stereocenters. The molecule has 0 spiro atoms. The number of hydrogen-bond donors (Lipinski definition) is 1. The molecule has 0 bridgehead atoms. The average Bonchev–Trinajstić information content (AvgIpc) is 2.59. The Balaban J connectivity index is 2.41. The maximum Gasteiger partial charge on any atom is 0.330 e. The van der Waals surface area contributed by atoms with Crippen LogP contribution in [0.15, 0.2) is 6.20 Å². The van der Waals surface area contributed by atoms with Gasteiger partial charge >= 0.3 is 5.69 Å². The zero-order valence-electron chi connectivity index (χ0n) is 10.3. The maximum atomic E-state index is 11.0. The van der Waals surface area contributed by atoms with Gasteiger partial charge in [0.25, 0.3) is 0 Å². The molecular weight excluding hydrogens is 222 g/mol. The lowest BCUT2D eigenvalue weighted by atomic mass is 10.0. The molecule has 1 aromatic rings. The third-order valence-electron chi connectivity index (χ3n) is 3.04. The second-order valence-corrected chi connectivity index (χ2v) is 4.91. The van der Waals surface area contributed by atoms with E-state index in [0.717, 1.165) is 19.6 Å². The fraction of sp³-hybridized carbons (Fsp3) is 0.700. The van der Waals surface area contributed by atoms with Crippen molar-refractivity contribution >= 4 is 11.5 Å². The molecule has 94 valence electrons. The number of nitrogens with one attached hydrogen (secondary N) is 1. The summed E-state index contributed by atoms with van der Waals surface area (Å²) in [6, 6.07) is 0. The Labute approximate surface area is 99.6 Å². The zero-order chi connectivity index (χ0) is 12.6. The number of nitrogens with zero attached hydrogens (tertiary/aromatic N) is 4. The summed E-state index contributed by atoms with van der Waals surface area (Å²) in [5.74, 6) is 0.462. The first-order valence-electron chi connectivity index (χ1n) is 5.58. The van der Waals surface area contributed by atoms with E-state index >= 15 is 0 Å². The van der Waals surface area contributed by atoms with Crippen LogP contribution in [0, 0.1) is 10.1 Å². The van der Waals surface area contributed by atoms with Crippen molar-refractivity contribution in [1.29, 1.82) is 0 Å². The van der Waals surface area contributed by atoms with Crippen LogP contribution in [-0.2, 0) is 7.05 Å². The molecule has 1 aliphatic heterocycles. The fourth-order valence-corrected chi connectivity index (χ4v) is 2.16. The van der Waals surface area contributed by atoms with Crippen molar-refractivity contribution in [3.63, 3.8) is 0 Å². The quantitative estimate of drug-likeness (QED) is 0.601. The van der Waals surface area contributed by atoms with E-state index in [1.165, 1.54) is 10.9 Å². The van der Waals surface area contributed by atoms with Crippen LogP contribution in [0.3, 0.4) is 0 Å². The first-order valence-corrected chi connectivity index (χ1v) is 5.58. The molecule has 17 heavy (non-hydrogen) atoms. The van der Waals surface area contributed by atoms with Gasteiger partial charge in [-0.3, -0.25) is 14.8 Å². The van der Waals surface area contributed by atoms with Gasteiger partial charge in [0, 0.05) is 32.2 Å². The molecule has 1 aliphatic rings. The second kappa shape index (κ2) is 3.99. The van der Waals surface area contributed by atoms with Gasteiger partial charge in [0.2, 0.25) is 5.82 Å². The van der Waals surface area contributed by atoms with Crippen molar-refractivity contribution in [2.75, 3.05) is 24.5 Å². The second-order valence-electron chi connectivity index (χ2n) is 4.91. The van der Waals surface area contributed by atoms with Crippen molar-refractivity contribution in [3.05, 3.63) is 16.3 Å². The van der Waals surface area contributed by atoms with E-state index in [0.29, 0.717) is 5.82 Å². The molecule has 0 radical (unpaired) electrons. The number of anilines is 1. The van der Waals surface area contributed by atoms with E-state index in [1.807, 2.05) is 4.90 Å². The molecule has 0 aromatic carbocycles. The first kappa shape index (κ1) is 11.8. The van der Waals surface area contributed by atoms with Gasteiger partial charge in [-0.15, -0.1) is 5.10 Å². The van der Waals surface area contributed by atoms with E-state index in [9.17, 15) is 10.1 Å². The molecule has 1 N–H and O–H groups in total. The van der Waals surface area contributed by atoms with E-state index < -0.39 is 0 Å². The van der Waals surface area contributed by atoms with Crippen molar-refractivity contribution in [1.82, 2.24) is 15.1 Å². The van der Waals surface area contributed by atoms with Crippen LogP contribution in [0.5, 0.6) is 0 Å². The summed E-state index contributed by atoms with van der Waals surface area (Å²) in [5, 5.41) is 18.5. The Morgan fingerprint density at radius 2 is 2.29 bits per heavy atom. The van der Waals surface area contributed by atoms with Crippen LogP contribution >= 0.6 is 0 Å². The normalized spacial score (nSPS) is 19.4. The van der Waals surface area contributed by atoms with E-state index in [-0.39, 0.29) is 16.1 Å². The molecule has 1 aromatic heterocycles. The first-order chi connectivity index (χ1) is 7.92.